The van der Waals surface area contributed by atoms with E-state index in [4.69, 9.17) is 1.37 Å². The first-order chi connectivity index (χ1) is 7.48. The van der Waals surface area contributed by atoms with Crippen molar-refractivity contribution in [2.24, 2.45) is 5.41 Å². The Morgan fingerprint density at radius 2 is 1.93 bits per heavy atom. The van der Waals surface area contributed by atoms with E-state index in [-0.39, 0.29) is 11.2 Å². The first-order valence-corrected chi connectivity index (χ1v) is 5.42. The molecule has 1 aromatic rings. The van der Waals surface area contributed by atoms with Gasteiger partial charge in [-0.15, -0.1) is 0 Å². The van der Waals surface area contributed by atoms with Crippen LogP contribution < -0.4 is 0 Å². The third kappa shape index (κ3) is 2.47. The van der Waals surface area contributed by atoms with Crippen LogP contribution in [0.15, 0.2) is 30.3 Å². The van der Waals surface area contributed by atoms with Crippen LogP contribution in [-0.4, -0.2) is 0 Å². The summed E-state index contributed by atoms with van der Waals surface area (Å²) in [4.78, 5) is 0. The average molecular weight is 205 g/mol. The van der Waals surface area contributed by atoms with Gasteiger partial charge < -0.3 is 0 Å². The molecule has 1 aliphatic rings. The predicted molar refractivity (Wildman–Crippen MR) is 62.0 cm³/mol. The van der Waals surface area contributed by atoms with Crippen LogP contribution in [0.2, 0.25) is 0 Å². The molecule has 0 radical (unpaired) electrons. The highest BCUT2D eigenvalue weighted by molar-refractivity contribution is 5.66. The lowest BCUT2D eigenvalue weighted by Crippen LogP contribution is -2.15. The molecule has 0 N–H and O–H groups in total. The molecule has 0 spiro atoms. The van der Waals surface area contributed by atoms with Crippen LogP contribution in [-0.2, 0) is 0 Å². The second-order valence-corrected chi connectivity index (χ2v) is 5.00. The maximum absolute atomic E-state index is 12.8. The van der Waals surface area contributed by atoms with Gasteiger partial charge >= 0.3 is 0 Å². The van der Waals surface area contributed by atoms with Crippen LogP contribution >= 0.6 is 0 Å². The van der Waals surface area contributed by atoms with Gasteiger partial charge in [-0.1, -0.05) is 32.0 Å². The first kappa shape index (κ1) is 9.14. The molecular formula is C14H17F. The predicted octanol–water partition coefficient (Wildman–Crippen LogP) is 4.42. The maximum Gasteiger partial charge on any atom is 0.123 e. The number of hydrogen-bond acceptors (Lipinski definition) is 0. The van der Waals surface area contributed by atoms with Crippen molar-refractivity contribution in [3.8, 4) is 0 Å². The topological polar surface area (TPSA) is 0 Å². The van der Waals surface area contributed by atoms with Gasteiger partial charge in [0.25, 0.3) is 0 Å². The van der Waals surface area contributed by atoms with Crippen molar-refractivity contribution in [3.05, 3.63) is 41.7 Å². The average Bonchev–Trinajstić information content (AvgIpc) is 2.23. The first-order valence-electron chi connectivity index (χ1n) is 5.92. The molecule has 0 unspecified atom stereocenters. The second-order valence-electron chi connectivity index (χ2n) is 5.00. The van der Waals surface area contributed by atoms with Crippen LogP contribution in [0.25, 0.3) is 5.57 Å². The zero-order valence-corrected chi connectivity index (χ0v) is 9.31. The molecule has 80 valence electrons. The molecule has 0 fully saturated rings. The Morgan fingerprint density at radius 1 is 1.27 bits per heavy atom. The number of hydrogen-bond donors (Lipinski definition) is 0. The van der Waals surface area contributed by atoms with E-state index < -0.39 is 0 Å². The Bertz CT molecular complexity index is 415. The van der Waals surface area contributed by atoms with Crippen molar-refractivity contribution in [2.45, 2.75) is 33.1 Å². The quantitative estimate of drug-likeness (QED) is 0.636. The number of rotatable bonds is 1. The minimum Gasteiger partial charge on any atom is -0.207 e. The Hall–Kier alpha value is -1.11. The van der Waals surface area contributed by atoms with Crippen LogP contribution in [0.3, 0.4) is 0 Å². The summed E-state index contributed by atoms with van der Waals surface area (Å²) in [5.41, 5.74) is 2.34. The van der Waals surface area contributed by atoms with Crippen LogP contribution in [0, 0.1) is 11.2 Å². The van der Waals surface area contributed by atoms with Crippen molar-refractivity contribution in [1.29, 1.82) is 0 Å². The van der Waals surface area contributed by atoms with Crippen LogP contribution in [0.4, 0.5) is 4.39 Å². The Morgan fingerprint density at radius 3 is 2.60 bits per heavy atom. The molecule has 1 aliphatic carbocycles. The van der Waals surface area contributed by atoms with Gasteiger partial charge in [-0.05, 0) is 47.9 Å². The van der Waals surface area contributed by atoms with E-state index in [0.29, 0.717) is 6.05 Å². The zero-order valence-electron chi connectivity index (χ0n) is 10.3. The van der Waals surface area contributed by atoms with Gasteiger partial charge in [0.15, 0.2) is 0 Å². The standard InChI is InChI=1S/C14H17F/c1-14(2)9-3-4-12(10-14)11-5-7-13(15)8-6-11/h4-8H,3,9-10H2,1-2H3/i4D. The summed E-state index contributed by atoms with van der Waals surface area (Å²) in [6.45, 7) is 4.45. The summed E-state index contributed by atoms with van der Waals surface area (Å²) in [5, 5.41) is 0. The number of halogens is 1. The van der Waals surface area contributed by atoms with Crippen molar-refractivity contribution in [3.63, 3.8) is 0 Å². The summed E-state index contributed by atoms with van der Waals surface area (Å²) in [5.74, 6) is -0.217. The Kier molecular flexibility index (Phi) is 2.32. The molecule has 15 heavy (non-hydrogen) atoms. The smallest absolute Gasteiger partial charge is 0.123 e. The van der Waals surface area contributed by atoms with E-state index in [2.05, 4.69) is 13.8 Å². The summed E-state index contributed by atoms with van der Waals surface area (Å²) >= 11 is 0. The highest BCUT2D eigenvalue weighted by atomic mass is 19.1. The lowest BCUT2D eigenvalue weighted by atomic mass is 9.76. The largest absolute Gasteiger partial charge is 0.207 e. The monoisotopic (exact) mass is 205 g/mol. The molecule has 0 saturated heterocycles. The third-order valence-electron chi connectivity index (χ3n) is 2.99. The van der Waals surface area contributed by atoms with Gasteiger partial charge in [0, 0.05) is 0 Å². The van der Waals surface area contributed by atoms with Crippen LogP contribution in [0.1, 0.15) is 40.0 Å². The normalized spacial score (nSPS) is 21.4. The minimum absolute atomic E-state index is 0.217. The molecule has 0 amide bonds. The summed E-state index contributed by atoms with van der Waals surface area (Å²) in [7, 11) is 0. The van der Waals surface area contributed by atoms with Gasteiger partial charge in [-0.3, -0.25) is 0 Å². The highest BCUT2D eigenvalue weighted by Gasteiger charge is 2.23. The van der Waals surface area contributed by atoms with E-state index >= 15 is 0 Å². The van der Waals surface area contributed by atoms with Crippen LogP contribution in [0.5, 0.6) is 0 Å². The molecule has 1 aromatic carbocycles. The second kappa shape index (κ2) is 3.80. The van der Waals surface area contributed by atoms with Crippen molar-refractivity contribution >= 4 is 5.57 Å². The third-order valence-corrected chi connectivity index (χ3v) is 2.99. The Labute approximate surface area is 92.2 Å². The highest BCUT2D eigenvalue weighted by Crippen LogP contribution is 2.39. The lowest BCUT2D eigenvalue weighted by Gasteiger charge is -2.29. The van der Waals surface area contributed by atoms with Gasteiger partial charge in [0.2, 0.25) is 0 Å². The minimum atomic E-state index is -0.217. The Balaban J connectivity index is 2.35. The zero-order chi connectivity index (χ0) is 11.8. The fourth-order valence-corrected chi connectivity index (χ4v) is 2.04. The van der Waals surface area contributed by atoms with Gasteiger partial charge in [-0.2, -0.15) is 0 Å². The SMILES string of the molecule is [2H]C1=C(c2ccc(F)cc2)CC(C)(C)CC1. The molecule has 0 aliphatic heterocycles. The fourth-order valence-electron chi connectivity index (χ4n) is 2.04. The van der Waals surface area contributed by atoms with E-state index in [0.717, 1.165) is 30.4 Å². The van der Waals surface area contributed by atoms with E-state index in [9.17, 15) is 4.39 Å². The lowest BCUT2D eigenvalue weighted by molar-refractivity contribution is 0.338. The van der Waals surface area contributed by atoms with Crippen molar-refractivity contribution in [2.75, 3.05) is 0 Å². The fraction of sp³-hybridized carbons (Fsp3) is 0.429. The van der Waals surface area contributed by atoms with Crippen molar-refractivity contribution < 1.29 is 5.76 Å². The molecule has 2 rings (SSSR count). The summed E-state index contributed by atoms with van der Waals surface area (Å²) in [6.07, 6.45) is 2.81. The molecule has 0 aromatic heterocycles. The molecule has 0 atom stereocenters. The number of benzene rings is 1. The molecule has 0 saturated carbocycles. The van der Waals surface area contributed by atoms with E-state index in [1.807, 2.05) is 0 Å². The molecule has 0 heterocycles. The summed E-state index contributed by atoms with van der Waals surface area (Å²) in [6, 6.07) is 7.21. The summed E-state index contributed by atoms with van der Waals surface area (Å²) < 4.78 is 20.8. The van der Waals surface area contributed by atoms with Gasteiger partial charge in [-0.25, -0.2) is 4.39 Å². The molecule has 1 heteroatoms. The van der Waals surface area contributed by atoms with E-state index in [1.165, 1.54) is 12.1 Å². The van der Waals surface area contributed by atoms with Gasteiger partial charge in [0.05, 0.1) is 1.37 Å². The van der Waals surface area contributed by atoms with E-state index in [1.54, 1.807) is 12.1 Å². The number of allylic oxidation sites excluding steroid dienone is 2. The molecule has 0 bridgehead atoms. The molecular weight excluding hydrogens is 187 g/mol. The molecule has 0 nitrogen and oxygen atoms in total. The van der Waals surface area contributed by atoms with Crippen molar-refractivity contribution in [1.82, 2.24) is 0 Å². The maximum atomic E-state index is 12.8. The van der Waals surface area contributed by atoms with Gasteiger partial charge in [0.1, 0.15) is 5.82 Å².